The Morgan fingerprint density at radius 3 is 2.41 bits per heavy atom. The van der Waals surface area contributed by atoms with Crippen LogP contribution < -0.4 is 0 Å². The van der Waals surface area contributed by atoms with E-state index in [1.54, 1.807) is 6.92 Å². The number of carbonyl (C=O) groups excluding carboxylic acids is 1. The molecular weight excluding hydrogens is 212 g/mol. The molecule has 2 aliphatic rings. The van der Waals surface area contributed by atoms with E-state index in [1.165, 1.54) is 58.4 Å². The lowest BCUT2D eigenvalue weighted by atomic mass is 9.94. The number of piperidine rings is 1. The fraction of sp³-hybridized carbons (Fsp3) is 0.929. The smallest absolute Gasteiger partial charge is 0.134 e. The van der Waals surface area contributed by atoms with Gasteiger partial charge in [0.05, 0.1) is 0 Å². The van der Waals surface area contributed by atoms with Gasteiger partial charge in [0.25, 0.3) is 0 Å². The van der Waals surface area contributed by atoms with Crippen LogP contribution in [0, 0.1) is 5.92 Å². The van der Waals surface area contributed by atoms with Gasteiger partial charge in [0.1, 0.15) is 5.78 Å². The fourth-order valence-corrected chi connectivity index (χ4v) is 3.11. The van der Waals surface area contributed by atoms with Crippen LogP contribution in [0.4, 0.5) is 0 Å². The van der Waals surface area contributed by atoms with Crippen molar-refractivity contribution < 1.29 is 4.79 Å². The topological polar surface area (TPSA) is 23.6 Å². The summed E-state index contributed by atoms with van der Waals surface area (Å²) >= 11 is 0. The molecule has 2 heterocycles. The van der Waals surface area contributed by atoms with Crippen LogP contribution in [0.3, 0.4) is 0 Å². The van der Waals surface area contributed by atoms with E-state index in [9.17, 15) is 4.79 Å². The van der Waals surface area contributed by atoms with Crippen LogP contribution in [-0.2, 0) is 4.79 Å². The third-order valence-electron chi connectivity index (χ3n) is 4.23. The summed E-state index contributed by atoms with van der Waals surface area (Å²) in [6.45, 7) is 8.99. The molecule has 0 aromatic rings. The molecule has 2 saturated heterocycles. The minimum absolute atomic E-state index is 0.315. The number of hydrogen-bond donors (Lipinski definition) is 0. The summed E-state index contributed by atoms with van der Waals surface area (Å²) in [5.41, 5.74) is 0. The van der Waals surface area contributed by atoms with Gasteiger partial charge < -0.3 is 9.80 Å². The number of Topliss-reactive ketones (excluding diaryl/α,β-unsaturated/α-hetero) is 1. The van der Waals surface area contributed by atoms with E-state index >= 15 is 0 Å². The second-order valence-electron chi connectivity index (χ2n) is 5.65. The van der Waals surface area contributed by atoms with Crippen LogP contribution in [0.25, 0.3) is 0 Å². The standard InChI is InChI=1S/C14H26N2O/c1-13(17)14-6-4-9-16(12-14)11-5-10-15-7-2-3-8-15/h14H,2-12H2,1H3. The summed E-state index contributed by atoms with van der Waals surface area (Å²) in [4.78, 5) is 16.5. The molecule has 0 bridgehead atoms. The SMILES string of the molecule is CC(=O)C1CCCN(CCCN2CCCC2)C1. The largest absolute Gasteiger partial charge is 0.303 e. The Morgan fingerprint density at radius 1 is 1.06 bits per heavy atom. The highest BCUT2D eigenvalue weighted by Crippen LogP contribution is 2.17. The minimum Gasteiger partial charge on any atom is -0.303 e. The van der Waals surface area contributed by atoms with Crippen LogP contribution >= 0.6 is 0 Å². The van der Waals surface area contributed by atoms with Gasteiger partial charge in [0.2, 0.25) is 0 Å². The molecule has 0 aliphatic carbocycles. The van der Waals surface area contributed by atoms with Gasteiger partial charge in [-0.2, -0.15) is 0 Å². The molecule has 0 saturated carbocycles. The highest BCUT2D eigenvalue weighted by molar-refractivity contribution is 5.78. The zero-order chi connectivity index (χ0) is 12.1. The van der Waals surface area contributed by atoms with Gasteiger partial charge in [-0.25, -0.2) is 0 Å². The van der Waals surface area contributed by atoms with Crippen LogP contribution in [0.2, 0.25) is 0 Å². The Morgan fingerprint density at radius 2 is 1.71 bits per heavy atom. The van der Waals surface area contributed by atoms with E-state index in [4.69, 9.17) is 0 Å². The normalized spacial score (nSPS) is 27.5. The Bertz CT molecular complexity index is 249. The van der Waals surface area contributed by atoms with Crippen molar-refractivity contribution in [3.63, 3.8) is 0 Å². The highest BCUT2D eigenvalue weighted by Gasteiger charge is 2.22. The van der Waals surface area contributed by atoms with E-state index in [0.717, 1.165) is 13.0 Å². The molecule has 0 aromatic heterocycles. The molecule has 17 heavy (non-hydrogen) atoms. The third-order valence-corrected chi connectivity index (χ3v) is 4.23. The summed E-state index contributed by atoms with van der Waals surface area (Å²) in [6, 6.07) is 0. The van der Waals surface area contributed by atoms with Gasteiger partial charge >= 0.3 is 0 Å². The lowest BCUT2D eigenvalue weighted by Gasteiger charge is -2.31. The summed E-state index contributed by atoms with van der Waals surface area (Å²) in [5, 5.41) is 0. The lowest BCUT2D eigenvalue weighted by Crippen LogP contribution is -2.39. The molecule has 0 N–H and O–H groups in total. The van der Waals surface area contributed by atoms with Crippen molar-refractivity contribution in [2.75, 3.05) is 39.3 Å². The molecule has 2 rings (SSSR count). The monoisotopic (exact) mass is 238 g/mol. The molecule has 0 amide bonds. The maximum Gasteiger partial charge on any atom is 0.134 e. The van der Waals surface area contributed by atoms with E-state index < -0.39 is 0 Å². The fourth-order valence-electron chi connectivity index (χ4n) is 3.11. The average Bonchev–Trinajstić information content (AvgIpc) is 2.82. The highest BCUT2D eigenvalue weighted by atomic mass is 16.1. The number of carbonyl (C=O) groups is 1. The zero-order valence-electron chi connectivity index (χ0n) is 11.2. The number of rotatable bonds is 5. The summed E-state index contributed by atoms with van der Waals surface area (Å²) < 4.78 is 0. The molecule has 1 atom stereocenters. The first-order valence-corrected chi connectivity index (χ1v) is 7.21. The maximum absolute atomic E-state index is 11.4. The third kappa shape index (κ3) is 4.07. The first kappa shape index (κ1) is 13.0. The maximum atomic E-state index is 11.4. The number of nitrogens with zero attached hydrogens (tertiary/aromatic N) is 2. The van der Waals surface area contributed by atoms with Crippen LogP contribution in [0.15, 0.2) is 0 Å². The average molecular weight is 238 g/mol. The van der Waals surface area contributed by atoms with Crippen LogP contribution in [0.1, 0.15) is 39.0 Å². The molecule has 0 radical (unpaired) electrons. The molecule has 1 unspecified atom stereocenters. The zero-order valence-corrected chi connectivity index (χ0v) is 11.2. The molecule has 2 fully saturated rings. The summed E-state index contributed by atoms with van der Waals surface area (Å²) in [5.74, 6) is 0.699. The minimum atomic E-state index is 0.315. The van der Waals surface area contributed by atoms with E-state index in [-0.39, 0.29) is 0 Å². The quantitative estimate of drug-likeness (QED) is 0.729. The van der Waals surface area contributed by atoms with Crippen LogP contribution in [-0.4, -0.2) is 54.9 Å². The molecule has 0 aromatic carbocycles. The van der Waals surface area contributed by atoms with E-state index in [1.807, 2.05) is 0 Å². The van der Waals surface area contributed by atoms with Crippen LogP contribution in [0.5, 0.6) is 0 Å². The van der Waals surface area contributed by atoms with Gasteiger partial charge in [0.15, 0.2) is 0 Å². The van der Waals surface area contributed by atoms with Gasteiger partial charge in [-0.1, -0.05) is 0 Å². The Kier molecular flexibility index (Phi) is 4.99. The first-order chi connectivity index (χ1) is 8.25. The van der Waals surface area contributed by atoms with Crippen molar-refractivity contribution >= 4 is 5.78 Å². The number of likely N-dealkylation sites (tertiary alicyclic amines) is 2. The summed E-state index contributed by atoms with van der Waals surface area (Å²) in [6.07, 6.45) is 6.35. The van der Waals surface area contributed by atoms with Crippen molar-refractivity contribution in [3.8, 4) is 0 Å². The van der Waals surface area contributed by atoms with Crippen molar-refractivity contribution in [3.05, 3.63) is 0 Å². The second-order valence-corrected chi connectivity index (χ2v) is 5.65. The van der Waals surface area contributed by atoms with Gasteiger partial charge in [0, 0.05) is 12.5 Å². The second kappa shape index (κ2) is 6.50. The molecular formula is C14H26N2O. The van der Waals surface area contributed by atoms with Crippen molar-refractivity contribution in [2.45, 2.75) is 39.0 Å². The lowest BCUT2D eigenvalue weighted by molar-refractivity contribution is -0.122. The molecule has 2 aliphatic heterocycles. The molecule has 98 valence electrons. The Balaban J connectivity index is 1.62. The van der Waals surface area contributed by atoms with E-state index in [0.29, 0.717) is 11.7 Å². The van der Waals surface area contributed by atoms with Crippen molar-refractivity contribution in [1.29, 1.82) is 0 Å². The van der Waals surface area contributed by atoms with Crippen molar-refractivity contribution in [1.82, 2.24) is 9.80 Å². The molecule has 0 spiro atoms. The van der Waals surface area contributed by atoms with Crippen molar-refractivity contribution in [2.24, 2.45) is 5.92 Å². The number of hydrogen-bond acceptors (Lipinski definition) is 3. The Hall–Kier alpha value is -0.410. The molecule has 3 heteroatoms. The van der Waals surface area contributed by atoms with Gasteiger partial charge in [-0.05, 0) is 71.8 Å². The predicted molar refractivity (Wildman–Crippen MR) is 70.1 cm³/mol. The van der Waals surface area contributed by atoms with Gasteiger partial charge in [-0.15, -0.1) is 0 Å². The summed E-state index contributed by atoms with van der Waals surface area (Å²) in [7, 11) is 0. The van der Waals surface area contributed by atoms with E-state index in [2.05, 4.69) is 9.80 Å². The first-order valence-electron chi connectivity index (χ1n) is 7.21. The predicted octanol–water partition coefficient (Wildman–Crippen LogP) is 1.77. The molecule has 3 nitrogen and oxygen atoms in total. The number of ketones is 1. The van der Waals surface area contributed by atoms with Gasteiger partial charge in [-0.3, -0.25) is 4.79 Å². The Labute approximate surface area is 105 Å².